The summed E-state index contributed by atoms with van der Waals surface area (Å²) in [4.78, 5) is 24.1. The molecule has 5 rings (SSSR count). The Morgan fingerprint density at radius 2 is 1.85 bits per heavy atom. The number of rotatable bonds is 5. The lowest BCUT2D eigenvalue weighted by Gasteiger charge is -2.58. The van der Waals surface area contributed by atoms with Crippen LogP contribution < -0.4 is 0 Å². The Kier molecular flexibility index (Phi) is 6.27. The van der Waals surface area contributed by atoms with Gasteiger partial charge in [-0.05, 0) is 74.5 Å². The number of fused-ring (bicyclic) bond motifs is 5. The van der Waals surface area contributed by atoms with Crippen LogP contribution in [0, 0.1) is 28.6 Å². The average Bonchev–Trinajstić information content (AvgIpc) is 3.14. The number of carbonyl (C=O) groups is 2. The molecular weight excluding hydrogens is 416 g/mol. The highest BCUT2D eigenvalue weighted by Crippen LogP contribution is 2.65. The normalized spacial score (nSPS) is 42.0. The molecule has 0 aromatic heterocycles. The van der Waals surface area contributed by atoms with Gasteiger partial charge < -0.3 is 14.2 Å². The first-order valence-corrected chi connectivity index (χ1v) is 13.4. The molecule has 0 bridgehead atoms. The quantitative estimate of drug-likeness (QED) is 0.298. The largest absolute Gasteiger partial charge is 0.465 e. The van der Waals surface area contributed by atoms with Gasteiger partial charge in [-0.15, -0.1) is 0 Å². The molecule has 4 fully saturated rings. The van der Waals surface area contributed by atoms with Crippen LogP contribution >= 0.6 is 0 Å². The summed E-state index contributed by atoms with van der Waals surface area (Å²) in [5.74, 6) is 1.42. The topological polar surface area (TPSA) is 61.8 Å². The number of allylic oxidation sites excluding steroid dienone is 1. The van der Waals surface area contributed by atoms with E-state index in [1.54, 1.807) is 0 Å². The Bertz CT molecular complexity index is 811. The monoisotopic (exact) mass is 458 g/mol. The molecule has 0 radical (unpaired) electrons. The van der Waals surface area contributed by atoms with Gasteiger partial charge in [0.25, 0.3) is 0 Å². The van der Waals surface area contributed by atoms with Crippen molar-refractivity contribution in [1.29, 1.82) is 0 Å². The van der Waals surface area contributed by atoms with E-state index in [9.17, 15) is 9.59 Å². The van der Waals surface area contributed by atoms with E-state index < -0.39 is 5.79 Å². The highest BCUT2D eigenvalue weighted by molar-refractivity contribution is 5.82. The van der Waals surface area contributed by atoms with Gasteiger partial charge in [-0.1, -0.05) is 25.0 Å². The molecule has 5 nitrogen and oxygen atoms in total. The second kappa shape index (κ2) is 8.78. The van der Waals surface area contributed by atoms with Crippen molar-refractivity contribution < 1.29 is 23.8 Å². The van der Waals surface area contributed by atoms with Gasteiger partial charge in [-0.2, -0.15) is 0 Å². The van der Waals surface area contributed by atoms with Crippen molar-refractivity contribution in [2.45, 2.75) is 109 Å². The number of carbonyl (C=O) groups excluding carboxylic acids is 2. The molecule has 4 saturated carbocycles. The number of hydrogen-bond acceptors (Lipinski definition) is 5. The van der Waals surface area contributed by atoms with Crippen molar-refractivity contribution in [3.63, 3.8) is 0 Å². The lowest BCUT2D eigenvalue weighted by molar-refractivity contribution is -0.279. The van der Waals surface area contributed by atoms with Gasteiger partial charge in [0.05, 0.1) is 6.10 Å². The second-order valence-electron chi connectivity index (χ2n) is 11.9. The summed E-state index contributed by atoms with van der Waals surface area (Å²) in [7, 11) is 1.83. The SMILES string of the molecule is COC1(OC2CC[C@H]3[C@@H]4CC=C5CC(=O)CC[C@]5(COC(C)=O)[C@@H]4CC[C@]23C)CCCCC1. The zero-order valence-electron chi connectivity index (χ0n) is 20.8. The van der Waals surface area contributed by atoms with Gasteiger partial charge >= 0.3 is 5.97 Å². The Morgan fingerprint density at radius 3 is 2.58 bits per heavy atom. The maximum Gasteiger partial charge on any atom is 0.302 e. The van der Waals surface area contributed by atoms with E-state index in [1.165, 1.54) is 38.2 Å². The van der Waals surface area contributed by atoms with Gasteiger partial charge in [0.1, 0.15) is 12.4 Å². The second-order valence-corrected chi connectivity index (χ2v) is 11.9. The van der Waals surface area contributed by atoms with Gasteiger partial charge in [-0.25, -0.2) is 0 Å². The molecular formula is C28H42O5. The number of hydrogen-bond donors (Lipinski definition) is 0. The molecule has 0 N–H and O–H groups in total. The Hall–Kier alpha value is -1.20. The molecule has 5 aliphatic rings. The average molecular weight is 459 g/mol. The lowest BCUT2D eigenvalue weighted by Crippen LogP contribution is -2.54. The van der Waals surface area contributed by atoms with Crippen molar-refractivity contribution in [2.75, 3.05) is 13.7 Å². The molecule has 0 heterocycles. The van der Waals surface area contributed by atoms with E-state index in [2.05, 4.69) is 13.0 Å². The van der Waals surface area contributed by atoms with Crippen LogP contribution in [0.3, 0.4) is 0 Å². The van der Waals surface area contributed by atoms with Gasteiger partial charge in [0.15, 0.2) is 5.79 Å². The minimum atomic E-state index is -0.391. The van der Waals surface area contributed by atoms with E-state index in [0.717, 1.165) is 44.9 Å². The van der Waals surface area contributed by atoms with E-state index in [0.29, 0.717) is 43.0 Å². The third-order valence-corrected chi connectivity index (χ3v) is 10.5. The van der Waals surface area contributed by atoms with Gasteiger partial charge in [0, 0.05) is 45.1 Å². The fourth-order valence-corrected chi connectivity index (χ4v) is 8.65. The molecule has 5 heteroatoms. The summed E-state index contributed by atoms with van der Waals surface area (Å²) < 4.78 is 18.6. The van der Waals surface area contributed by atoms with Gasteiger partial charge in [0.2, 0.25) is 0 Å². The number of Topliss-reactive ketones (excluding diaryl/α,β-unsaturated/α-hetero) is 1. The molecule has 5 aliphatic carbocycles. The van der Waals surface area contributed by atoms with Crippen LogP contribution in [-0.4, -0.2) is 37.4 Å². The first kappa shape index (κ1) is 23.5. The van der Waals surface area contributed by atoms with Crippen LogP contribution in [0.1, 0.15) is 97.3 Å². The van der Waals surface area contributed by atoms with Crippen LogP contribution in [0.5, 0.6) is 0 Å². The number of ketones is 1. The summed E-state index contributed by atoms with van der Waals surface area (Å²) in [6.45, 7) is 4.42. The summed E-state index contributed by atoms with van der Waals surface area (Å²) in [6.07, 6.45) is 15.9. The van der Waals surface area contributed by atoms with Crippen molar-refractivity contribution >= 4 is 11.8 Å². The molecule has 33 heavy (non-hydrogen) atoms. The van der Waals surface area contributed by atoms with Crippen LogP contribution in [0.4, 0.5) is 0 Å². The standard InChI is InChI=1S/C28H42O5/c1-19(29)32-18-27-16-11-21(30)17-20(27)7-8-22-23-9-10-25(26(23,2)15-12-24(22)27)33-28(31-3)13-5-4-6-14-28/h7,22-25H,4-6,8-18H2,1-3H3/t22-,23-,24+,25?,26-,27+/m0/s1. The number of methoxy groups -OCH3 is 1. The zero-order valence-corrected chi connectivity index (χ0v) is 20.8. The van der Waals surface area contributed by atoms with Crippen molar-refractivity contribution in [3.8, 4) is 0 Å². The maximum atomic E-state index is 12.3. The maximum absolute atomic E-state index is 12.3. The van der Waals surface area contributed by atoms with E-state index in [-0.39, 0.29) is 22.9 Å². The van der Waals surface area contributed by atoms with Crippen molar-refractivity contribution in [2.24, 2.45) is 28.6 Å². The van der Waals surface area contributed by atoms with E-state index in [4.69, 9.17) is 14.2 Å². The predicted octanol–water partition coefficient (Wildman–Crippen LogP) is 5.75. The first-order valence-electron chi connectivity index (χ1n) is 13.4. The highest BCUT2D eigenvalue weighted by Gasteiger charge is 2.61. The fraction of sp³-hybridized carbons (Fsp3) is 0.857. The zero-order chi connectivity index (χ0) is 23.3. The van der Waals surface area contributed by atoms with Crippen LogP contribution in [0.25, 0.3) is 0 Å². The molecule has 0 amide bonds. The third-order valence-electron chi connectivity index (χ3n) is 10.5. The van der Waals surface area contributed by atoms with Crippen LogP contribution in [0.2, 0.25) is 0 Å². The van der Waals surface area contributed by atoms with Gasteiger partial charge in [-0.3, -0.25) is 9.59 Å². The van der Waals surface area contributed by atoms with Crippen molar-refractivity contribution in [1.82, 2.24) is 0 Å². The summed E-state index contributed by atoms with van der Waals surface area (Å²) in [5.41, 5.74) is 1.29. The first-order chi connectivity index (χ1) is 15.8. The molecule has 1 unspecified atom stereocenters. The summed E-state index contributed by atoms with van der Waals surface area (Å²) in [6, 6.07) is 0. The molecule has 0 aliphatic heterocycles. The molecule has 0 saturated heterocycles. The lowest BCUT2D eigenvalue weighted by atomic mass is 9.47. The number of ether oxygens (including phenoxy) is 3. The summed E-state index contributed by atoms with van der Waals surface area (Å²) >= 11 is 0. The highest BCUT2D eigenvalue weighted by atomic mass is 16.7. The smallest absolute Gasteiger partial charge is 0.302 e. The molecule has 184 valence electrons. The van der Waals surface area contributed by atoms with E-state index in [1.807, 2.05) is 7.11 Å². The van der Waals surface area contributed by atoms with Crippen LogP contribution in [-0.2, 0) is 23.8 Å². The minimum absolute atomic E-state index is 0.139. The third kappa shape index (κ3) is 3.91. The molecule has 6 atom stereocenters. The van der Waals surface area contributed by atoms with Crippen molar-refractivity contribution in [3.05, 3.63) is 11.6 Å². The Morgan fingerprint density at radius 1 is 1.06 bits per heavy atom. The summed E-state index contributed by atoms with van der Waals surface area (Å²) in [5, 5.41) is 0. The molecule has 0 aromatic rings. The Balaban J connectivity index is 1.40. The van der Waals surface area contributed by atoms with Crippen LogP contribution in [0.15, 0.2) is 11.6 Å². The van der Waals surface area contributed by atoms with E-state index >= 15 is 0 Å². The Labute approximate surface area is 199 Å². The minimum Gasteiger partial charge on any atom is -0.465 e. The molecule has 0 aromatic carbocycles. The predicted molar refractivity (Wildman–Crippen MR) is 125 cm³/mol. The number of esters is 1. The fourth-order valence-electron chi connectivity index (χ4n) is 8.65. The molecule has 0 spiro atoms.